The predicted molar refractivity (Wildman–Crippen MR) is 68.1 cm³/mol. The number of hydrogen-bond acceptors (Lipinski definition) is 4. The zero-order chi connectivity index (χ0) is 13.0. The van der Waals surface area contributed by atoms with Crippen molar-refractivity contribution in [3.8, 4) is 0 Å². The number of ether oxygens (including phenoxy) is 1. The van der Waals surface area contributed by atoms with Crippen molar-refractivity contribution < 1.29 is 9.53 Å². The molecule has 100 valence electrons. The molecule has 6 nitrogen and oxygen atoms in total. The Morgan fingerprint density at radius 2 is 2.50 bits per heavy atom. The molecule has 0 aromatic carbocycles. The SMILES string of the molecule is CCCCOC(=O)N1CCC(n2cc(N)cn2)C1. The fourth-order valence-corrected chi connectivity index (χ4v) is 2.07. The van der Waals surface area contributed by atoms with E-state index in [2.05, 4.69) is 12.0 Å². The van der Waals surface area contributed by atoms with Gasteiger partial charge in [-0.05, 0) is 12.8 Å². The van der Waals surface area contributed by atoms with Crippen molar-refractivity contribution in [2.45, 2.75) is 32.2 Å². The molecule has 1 aliphatic heterocycles. The molecule has 18 heavy (non-hydrogen) atoms. The summed E-state index contributed by atoms with van der Waals surface area (Å²) in [5.74, 6) is 0. The number of carbonyl (C=O) groups is 1. The molecule has 1 fully saturated rings. The number of carbonyl (C=O) groups excluding carboxylic acids is 1. The third kappa shape index (κ3) is 2.94. The standard InChI is InChI=1S/C12H20N4O2/c1-2-3-6-18-12(17)15-5-4-11(9-15)16-8-10(13)7-14-16/h7-8,11H,2-6,9,13H2,1H3. The summed E-state index contributed by atoms with van der Waals surface area (Å²) in [4.78, 5) is 13.5. The van der Waals surface area contributed by atoms with Gasteiger partial charge in [-0.1, -0.05) is 13.3 Å². The lowest BCUT2D eigenvalue weighted by Crippen LogP contribution is -2.30. The van der Waals surface area contributed by atoms with Gasteiger partial charge in [0, 0.05) is 19.3 Å². The Kier molecular flexibility index (Phi) is 4.07. The van der Waals surface area contributed by atoms with Crippen molar-refractivity contribution in [1.29, 1.82) is 0 Å². The average Bonchev–Trinajstić information content (AvgIpc) is 2.97. The number of rotatable bonds is 4. The Bertz CT molecular complexity index is 405. The van der Waals surface area contributed by atoms with Crippen LogP contribution in [-0.4, -0.2) is 40.5 Å². The number of amides is 1. The lowest BCUT2D eigenvalue weighted by molar-refractivity contribution is 0.108. The van der Waals surface area contributed by atoms with Gasteiger partial charge in [-0.25, -0.2) is 4.79 Å². The molecule has 1 saturated heterocycles. The normalized spacial score (nSPS) is 19.2. The summed E-state index contributed by atoms with van der Waals surface area (Å²) in [6, 6.07) is 0.209. The van der Waals surface area contributed by atoms with Gasteiger partial charge < -0.3 is 15.4 Å². The van der Waals surface area contributed by atoms with Crippen LogP contribution >= 0.6 is 0 Å². The Morgan fingerprint density at radius 3 is 3.17 bits per heavy atom. The van der Waals surface area contributed by atoms with Crippen LogP contribution in [0.4, 0.5) is 10.5 Å². The molecule has 1 amide bonds. The van der Waals surface area contributed by atoms with Gasteiger partial charge >= 0.3 is 6.09 Å². The maximum absolute atomic E-state index is 11.8. The first-order valence-electron chi connectivity index (χ1n) is 6.42. The number of nitrogen functional groups attached to an aromatic ring is 1. The molecular weight excluding hydrogens is 232 g/mol. The maximum atomic E-state index is 11.8. The van der Waals surface area contributed by atoms with Crippen LogP contribution in [0.1, 0.15) is 32.2 Å². The first kappa shape index (κ1) is 12.7. The van der Waals surface area contributed by atoms with E-state index in [1.54, 1.807) is 17.3 Å². The van der Waals surface area contributed by atoms with E-state index in [0.29, 0.717) is 18.8 Å². The minimum Gasteiger partial charge on any atom is -0.449 e. The summed E-state index contributed by atoms with van der Waals surface area (Å²) < 4.78 is 7.02. The smallest absolute Gasteiger partial charge is 0.409 e. The van der Waals surface area contributed by atoms with Crippen molar-refractivity contribution in [2.75, 3.05) is 25.4 Å². The molecule has 1 unspecified atom stereocenters. The van der Waals surface area contributed by atoms with Crippen molar-refractivity contribution in [3.63, 3.8) is 0 Å². The summed E-state index contributed by atoms with van der Waals surface area (Å²) in [6.45, 7) is 3.94. The maximum Gasteiger partial charge on any atom is 0.409 e. The van der Waals surface area contributed by atoms with Crippen LogP contribution in [0.15, 0.2) is 12.4 Å². The predicted octanol–water partition coefficient (Wildman–Crippen LogP) is 1.65. The fraction of sp³-hybridized carbons (Fsp3) is 0.667. The number of unbranched alkanes of at least 4 members (excludes halogenated alkanes) is 1. The third-order valence-electron chi connectivity index (χ3n) is 3.14. The van der Waals surface area contributed by atoms with Crippen LogP contribution < -0.4 is 5.73 Å². The van der Waals surface area contributed by atoms with Crippen LogP contribution in [0.25, 0.3) is 0 Å². The molecule has 0 bridgehead atoms. The van der Waals surface area contributed by atoms with E-state index in [-0.39, 0.29) is 12.1 Å². The first-order valence-corrected chi connectivity index (χ1v) is 6.42. The highest BCUT2D eigenvalue weighted by atomic mass is 16.6. The number of nitrogens with zero attached hydrogens (tertiary/aromatic N) is 3. The number of aromatic nitrogens is 2. The van der Waals surface area contributed by atoms with Gasteiger partial charge in [0.1, 0.15) is 0 Å². The zero-order valence-corrected chi connectivity index (χ0v) is 10.7. The van der Waals surface area contributed by atoms with Crippen molar-refractivity contribution in [3.05, 3.63) is 12.4 Å². The van der Waals surface area contributed by atoms with Crippen LogP contribution in [0.3, 0.4) is 0 Å². The Balaban J connectivity index is 1.82. The first-order chi connectivity index (χ1) is 8.70. The minimum atomic E-state index is -0.217. The quantitative estimate of drug-likeness (QED) is 0.827. The van der Waals surface area contributed by atoms with E-state index < -0.39 is 0 Å². The Morgan fingerprint density at radius 1 is 1.67 bits per heavy atom. The highest BCUT2D eigenvalue weighted by molar-refractivity contribution is 5.68. The van der Waals surface area contributed by atoms with Crippen LogP contribution in [0.2, 0.25) is 0 Å². The molecular formula is C12H20N4O2. The van der Waals surface area contributed by atoms with Crippen LogP contribution in [0, 0.1) is 0 Å². The zero-order valence-electron chi connectivity index (χ0n) is 10.7. The largest absolute Gasteiger partial charge is 0.449 e. The Labute approximate surface area is 107 Å². The molecule has 2 rings (SSSR count). The van der Waals surface area contributed by atoms with Gasteiger partial charge in [0.05, 0.1) is 24.5 Å². The fourth-order valence-electron chi connectivity index (χ4n) is 2.07. The molecule has 0 saturated carbocycles. The van der Waals surface area contributed by atoms with E-state index in [1.807, 2.05) is 4.68 Å². The second-order valence-electron chi connectivity index (χ2n) is 4.61. The summed E-state index contributed by atoms with van der Waals surface area (Å²) in [5.41, 5.74) is 6.28. The topological polar surface area (TPSA) is 73.4 Å². The molecule has 1 aromatic rings. The third-order valence-corrected chi connectivity index (χ3v) is 3.14. The number of likely N-dealkylation sites (tertiary alicyclic amines) is 1. The molecule has 1 aliphatic rings. The molecule has 1 atom stereocenters. The van der Waals surface area contributed by atoms with Gasteiger partial charge in [0.15, 0.2) is 0 Å². The summed E-state index contributed by atoms with van der Waals surface area (Å²) in [5, 5.41) is 4.18. The summed E-state index contributed by atoms with van der Waals surface area (Å²) in [6.07, 6.45) is 6.05. The lowest BCUT2D eigenvalue weighted by Gasteiger charge is -2.16. The second kappa shape index (κ2) is 5.75. The monoisotopic (exact) mass is 252 g/mol. The molecule has 2 N–H and O–H groups in total. The van der Waals surface area contributed by atoms with E-state index in [9.17, 15) is 4.79 Å². The highest BCUT2D eigenvalue weighted by Crippen LogP contribution is 2.22. The van der Waals surface area contributed by atoms with Crippen LogP contribution in [0.5, 0.6) is 0 Å². The molecule has 2 heterocycles. The van der Waals surface area contributed by atoms with Crippen LogP contribution in [-0.2, 0) is 4.74 Å². The van der Waals surface area contributed by atoms with Gasteiger partial charge in [-0.2, -0.15) is 5.10 Å². The van der Waals surface area contributed by atoms with Crippen molar-refractivity contribution >= 4 is 11.8 Å². The van der Waals surface area contributed by atoms with Crippen molar-refractivity contribution in [1.82, 2.24) is 14.7 Å². The highest BCUT2D eigenvalue weighted by Gasteiger charge is 2.28. The molecule has 0 radical (unpaired) electrons. The lowest BCUT2D eigenvalue weighted by atomic mass is 10.3. The second-order valence-corrected chi connectivity index (χ2v) is 4.61. The number of nitrogens with two attached hydrogens (primary N) is 1. The van der Waals surface area contributed by atoms with Gasteiger partial charge in [0.2, 0.25) is 0 Å². The number of hydrogen-bond donors (Lipinski definition) is 1. The molecule has 0 aliphatic carbocycles. The molecule has 0 spiro atoms. The van der Waals surface area contributed by atoms with E-state index in [0.717, 1.165) is 25.8 Å². The molecule has 6 heteroatoms. The van der Waals surface area contributed by atoms with Gasteiger partial charge in [-0.3, -0.25) is 4.68 Å². The van der Waals surface area contributed by atoms with E-state index in [4.69, 9.17) is 10.5 Å². The van der Waals surface area contributed by atoms with Gasteiger partial charge in [0.25, 0.3) is 0 Å². The number of anilines is 1. The van der Waals surface area contributed by atoms with E-state index in [1.165, 1.54) is 0 Å². The average molecular weight is 252 g/mol. The van der Waals surface area contributed by atoms with Gasteiger partial charge in [-0.15, -0.1) is 0 Å². The minimum absolute atomic E-state index is 0.209. The van der Waals surface area contributed by atoms with E-state index >= 15 is 0 Å². The Hall–Kier alpha value is -1.72. The molecule has 1 aromatic heterocycles. The van der Waals surface area contributed by atoms with Crippen molar-refractivity contribution in [2.24, 2.45) is 0 Å². The summed E-state index contributed by atoms with van der Waals surface area (Å²) in [7, 11) is 0. The summed E-state index contributed by atoms with van der Waals surface area (Å²) >= 11 is 0.